The molecular formula is C14H20N2O3S2. The molecule has 0 saturated carbocycles. The highest BCUT2D eigenvalue weighted by atomic mass is 32.2. The van der Waals surface area contributed by atoms with Crippen molar-refractivity contribution in [3.05, 3.63) is 24.4 Å². The van der Waals surface area contributed by atoms with Crippen LogP contribution in [0.25, 0.3) is 10.9 Å². The minimum atomic E-state index is -3.58. The van der Waals surface area contributed by atoms with Crippen molar-refractivity contribution < 1.29 is 13.2 Å². The first kappa shape index (κ1) is 16.2. The third-order valence-corrected chi connectivity index (χ3v) is 5.51. The lowest BCUT2D eigenvalue weighted by Gasteiger charge is -2.13. The Balaban J connectivity index is 2.36. The molecule has 0 saturated heterocycles. The number of hydrogen-bond donors (Lipinski definition) is 2. The molecule has 0 spiro atoms. The van der Waals surface area contributed by atoms with Gasteiger partial charge in [0, 0.05) is 12.2 Å². The molecule has 0 amide bonds. The van der Waals surface area contributed by atoms with Crippen LogP contribution in [0.15, 0.2) is 29.3 Å². The van der Waals surface area contributed by atoms with Crippen LogP contribution in [0.2, 0.25) is 0 Å². The SMILES string of the molecule is COc1cccc2[nH]cc(S(=O)(=O)NC(C)CCSC)c12. The second-order valence-electron chi connectivity index (χ2n) is 4.84. The van der Waals surface area contributed by atoms with E-state index in [2.05, 4.69) is 9.71 Å². The van der Waals surface area contributed by atoms with Crippen molar-refractivity contribution >= 4 is 32.7 Å². The molecule has 1 atom stereocenters. The Morgan fingerprint density at radius 1 is 1.43 bits per heavy atom. The summed E-state index contributed by atoms with van der Waals surface area (Å²) >= 11 is 1.70. The highest BCUT2D eigenvalue weighted by molar-refractivity contribution is 7.98. The summed E-state index contributed by atoms with van der Waals surface area (Å²) in [4.78, 5) is 3.21. The number of nitrogens with one attached hydrogen (secondary N) is 2. The van der Waals surface area contributed by atoms with E-state index in [0.29, 0.717) is 11.1 Å². The lowest BCUT2D eigenvalue weighted by atomic mass is 10.2. The van der Waals surface area contributed by atoms with Gasteiger partial charge in [-0.25, -0.2) is 13.1 Å². The zero-order valence-electron chi connectivity index (χ0n) is 12.3. The van der Waals surface area contributed by atoms with Gasteiger partial charge in [0.2, 0.25) is 10.0 Å². The average Bonchev–Trinajstić information content (AvgIpc) is 2.89. The molecule has 1 aromatic heterocycles. The smallest absolute Gasteiger partial charge is 0.243 e. The van der Waals surface area contributed by atoms with E-state index in [9.17, 15) is 8.42 Å². The largest absolute Gasteiger partial charge is 0.496 e. The van der Waals surface area contributed by atoms with Crippen LogP contribution in [-0.4, -0.2) is 38.6 Å². The van der Waals surface area contributed by atoms with Crippen LogP contribution in [0.5, 0.6) is 5.75 Å². The number of ether oxygens (including phenoxy) is 1. The van der Waals surface area contributed by atoms with E-state index in [1.807, 2.05) is 25.3 Å². The van der Waals surface area contributed by atoms with Crippen molar-refractivity contribution in [3.8, 4) is 5.75 Å². The Bertz CT molecular complexity index is 710. The van der Waals surface area contributed by atoms with Gasteiger partial charge >= 0.3 is 0 Å². The van der Waals surface area contributed by atoms with Gasteiger partial charge in [-0.2, -0.15) is 11.8 Å². The molecule has 0 aliphatic carbocycles. The molecule has 1 heterocycles. The fourth-order valence-corrected chi connectivity index (χ4v) is 4.24. The molecule has 21 heavy (non-hydrogen) atoms. The average molecular weight is 328 g/mol. The van der Waals surface area contributed by atoms with Crippen LogP contribution >= 0.6 is 11.8 Å². The van der Waals surface area contributed by atoms with Crippen molar-refractivity contribution in [1.82, 2.24) is 9.71 Å². The van der Waals surface area contributed by atoms with E-state index in [-0.39, 0.29) is 10.9 Å². The monoisotopic (exact) mass is 328 g/mol. The number of aromatic amines is 1. The maximum atomic E-state index is 12.6. The van der Waals surface area contributed by atoms with Crippen LogP contribution in [0.4, 0.5) is 0 Å². The number of H-pyrrole nitrogens is 1. The highest BCUT2D eigenvalue weighted by Crippen LogP contribution is 2.31. The number of thioether (sulfide) groups is 1. The molecule has 0 aliphatic rings. The molecule has 5 nitrogen and oxygen atoms in total. The van der Waals surface area contributed by atoms with Gasteiger partial charge in [-0.05, 0) is 37.5 Å². The topological polar surface area (TPSA) is 71.2 Å². The van der Waals surface area contributed by atoms with E-state index in [4.69, 9.17) is 4.74 Å². The summed E-state index contributed by atoms with van der Waals surface area (Å²) in [7, 11) is -2.04. The van der Waals surface area contributed by atoms with Crippen LogP contribution in [0, 0.1) is 0 Å². The van der Waals surface area contributed by atoms with Gasteiger partial charge < -0.3 is 9.72 Å². The van der Waals surface area contributed by atoms with Gasteiger partial charge in [0.05, 0.1) is 18.0 Å². The third kappa shape index (κ3) is 3.53. The molecule has 7 heteroatoms. The summed E-state index contributed by atoms with van der Waals surface area (Å²) in [5, 5.41) is 0.588. The van der Waals surface area contributed by atoms with Gasteiger partial charge in [0.1, 0.15) is 10.6 Å². The van der Waals surface area contributed by atoms with E-state index in [1.165, 1.54) is 13.3 Å². The first-order valence-corrected chi connectivity index (χ1v) is 9.52. The molecule has 2 N–H and O–H groups in total. The van der Waals surface area contributed by atoms with Crippen LogP contribution in [0.3, 0.4) is 0 Å². The predicted molar refractivity (Wildman–Crippen MR) is 87.6 cm³/mol. The first-order chi connectivity index (χ1) is 9.99. The fraction of sp³-hybridized carbons (Fsp3) is 0.429. The molecule has 0 radical (unpaired) electrons. The van der Waals surface area contributed by atoms with Crippen LogP contribution in [-0.2, 0) is 10.0 Å². The van der Waals surface area contributed by atoms with Crippen molar-refractivity contribution in [1.29, 1.82) is 0 Å². The lowest BCUT2D eigenvalue weighted by Crippen LogP contribution is -2.32. The minimum absolute atomic E-state index is 0.109. The second kappa shape index (κ2) is 6.72. The minimum Gasteiger partial charge on any atom is -0.496 e. The summed E-state index contributed by atoms with van der Waals surface area (Å²) in [6.45, 7) is 1.87. The van der Waals surface area contributed by atoms with Crippen molar-refractivity contribution in [2.24, 2.45) is 0 Å². The number of fused-ring (bicyclic) bond motifs is 1. The second-order valence-corrected chi connectivity index (χ2v) is 7.51. The fourth-order valence-electron chi connectivity index (χ4n) is 2.18. The normalized spacial score (nSPS) is 13.5. The van der Waals surface area contributed by atoms with Gasteiger partial charge in [0.15, 0.2) is 0 Å². The maximum absolute atomic E-state index is 12.6. The number of rotatable bonds is 7. The molecule has 1 aromatic carbocycles. The van der Waals surface area contributed by atoms with Crippen molar-refractivity contribution in [3.63, 3.8) is 0 Å². The summed E-state index contributed by atoms with van der Waals surface area (Å²) in [6.07, 6.45) is 4.31. The first-order valence-electron chi connectivity index (χ1n) is 6.65. The Hall–Kier alpha value is -1.18. The zero-order valence-corrected chi connectivity index (χ0v) is 14.0. The summed E-state index contributed by atoms with van der Waals surface area (Å²) in [5.41, 5.74) is 0.742. The van der Waals surface area contributed by atoms with E-state index >= 15 is 0 Å². The molecule has 1 unspecified atom stereocenters. The van der Waals surface area contributed by atoms with Crippen molar-refractivity contribution in [2.75, 3.05) is 19.1 Å². The molecule has 116 valence electrons. The number of methoxy groups -OCH3 is 1. The van der Waals surface area contributed by atoms with Gasteiger partial charge in [0.25, 0.3) is 0 Å². The lowest BCUT2D eigenvalue weighted by molar-refractivity contribution is 0.419. The Labute approximate surface area is 129 Å². The maximum Gasteiger partial charge on any atom is 0.243 e. The molecule has 0 fully saturated rings. The standard InChI is InChI=1S/C14H20N2O3S2/c1-10(7-8-20-3)16-21(17,18)13-9-15-11-5-4-6-12(19-2)14(11)13/h4-6,9-10,15-16H,7-8H2,1-3H3. The highest BCUT2D eigenvalue weighted by Gasteiger charge is 2.23. The predicted octanol–water partition coefficient (Wildman–Crippen LogP) is 2.60. The van der Waals surface area contributed by atoms with Gasteiger partial charge in [-0.15, -0.1) is 0 Å². The molecule has 2 rings (SSSR count). The van der Waals surface area contributed by atoms with Crippen LogP contribution < -0.4 is 9.46 Å². The molecule has 2 aromatic rings. The number of hydrogen-bond acceptors (Lipinski definition) is 4. The molecule has 0 aliphatic heterocycles. The zero-order chi connectivity index (χ0) is 15.5. The van der Waals surface area contributed by atoms with Gasteiger partial charge in [-0.1, -0.05) is 6.07 Å². The van der Waals surface area contributed by atoms with Gasteiger partial charge in [-0.3, -0.25) is 0 Å². The molecular weight excluding hydrogens is 308 g/mol. The Kier molecular flexibility index (Phi) is 5.18. The summed E-state index contributed by atoms with van der Waals surface area (Å²) in [5.74, 6) is 1.46. The number of benzene rings is 1. The number of aromatic nitrogens is 1. The quantitative estimate of drug-likeness (QED) is 0.819. The van der Waals surface area contributed by atoms with E-state index < -0.39 is 10.0 Å². The van der Waals surface area contributed by atoms with E-state index in [1.54, 1.807) is 17.8 Å². The molecule has 0 bridgehead atoms. The van der Waals surface area contributed by atoms with Crippen LogP contribution in [0.1, 0.15) is 13.3 Å². The third-order valence-electron chi connectivity index (χ3n) is 3.25. The Morgan fingerprint density at radius 3 is 2.86 bits per heavy atom. The summed E-state index contributed by atoms with van der Waals surface area (Å²) < 4.78 is 33.1. The van der Waals surface area contributed by atoms with E-state index in [0.717, 1.165) is 17.7 Å². The van der Waals surface area contributed by atoms with Crippen molar-refractivity contribution in [2.45, 2.75) is 24.3 Å². The Morgan fingerprint density at radius 2 is 2.19 bits per heavy atom. The number of sulfonamides is 1. The summed E-state index contributed by atoms with van der Waals surface area (Å²) in [6, 6.07) is 5.30.